The Labute approximate surface area is 121 Å². The van der Waals surface area contributed by atoms with Crippen molar-refractivity contribution in [1.29, 1.82) is 0 Å². The van der Waals surface area contributed by atoms with E-state index in [1.54, 1.807) is 19.1 Å². The van der Waals surface area contributed by atoms with E-state index in [9.17, 15) is 9.90 Å². The number of hydrogen-bond acceptors (Lipinski definition) is 6. The fourth-order valence-electron chi connectivity index (χ4n) is 1.88. The summed E-state index contributed by atoms with van der Waals surface area (Å²) >= 11 is 1.51. The number of anilines is 1. The van der Waals surface area contributed by atoms with Crippen molar-refractivity contribution in [3.63, 3.8) is 0 Å². The van der Waals surface area contributed by atoms with Gasteiger partial charge in [-0.15, -0.1) is 0 Å². The van der Waals surface area contributed by atoms with E-state index >= 15 is 0 Å². The number of fused-ring (bicyclic) bond motifs is 1. The SMILES string of the molecule is CSCC(C)(O)CNC(=O)c1cc2c(cc1N)OCO2. The van der Waals surface area contributed by atoms with Crippen LogP contribution >= 0.6 is 11.8 Å². The summed E-state index contributed by atoms with van der Waals surface area (Å²) in [7, 11) is 0. The maximum atomic E-state index is 12.1. The van der Waals surface area contributed by atoms with E-state index in [0.717, 1.165) is 0 Å². The Morgan fingerprint density at radius 2 is 2.15 bits per heavy atom. The van der Waals surface area contributed by atoms with Gasteiger partial charge in [-0.05, 0) is 19.2 Å². The minimum Gasteiger partial charge on any atom is -0.454 e. The monoisotopic (exact) mass is 298 g/mol. The van der Waals surface area contributed by atoms with Crippen LogP contribution in [0.4, 0.5) is 5.69 Å². The first kappa shape index (κ1) is 14.8. The number of aliphatic hydroxyl groups is 1. The summed E-state index contributed by atoms with van der Waals surface area (Å²) in [6.07, 6.45) is 1.89. The summed E-state index contributed by atoms with van der Waals surface area (Å²) in [5.74, 6) is 1.22. The van der Waals surface area contributed by atoms with E-state index in [1.807, 2.05) is 6.26 Å². The van der Waals surface area contributed by atoms with E-state index in [1.165, 1.54) is 11.8 Å². The molecule has 1 atom stereocenters. The number of amides is 1. The highest BCUT2D eigenvalue weighted by Gasteiger charge is 2.23. The van der Waals surface area contributed by atoms with Crippen LogP contribution in [-0.2, 0) is 0 Å². The number of carbonyl (C=O) groups is 1. The topological polar surface area (TPSA) is 93.8 Å². The minimum absolute atomic E-state index is 0.127. The number of nitrogen functional groups attached to an aromatic ring is 1. The third-order valence-corrected chi connectivity index (χ3v) is 3.79. The van der Waals surface area contributed by atoms with Crippen LogP contribution in [0, 0.1) is 0 Å². The maximum Gasteiger partial charge on any atom is 0.253 e. The summed E-state index contributed by atoms with van der Waals surface area (Å²) in [6, 6.07) is 3.12. The molecule has 0 radical (unpaired) electrons. The van der Waals surface area contributed by atoms with Crippen molar-refractivity contribution in [2.75, 3.05) is 31.1 Å². The lowest BCUT2D eigenvalue weighted by Gasteiger charge is -2.22. The van der Waals surface area contributed by atoms with Crippen molar-refractivity contribution in [2.24, 2.45) is 0 Å². The van der Waals surface area contributed by atoms with Gasteiger partial charge in [0, 0.05) is 24.1 Å². The first-order chi connectivity index (χ1) is 9.43. The molecule has 7 heteroatoms. The predicted octanol–water partition coefficient (Wildman–Crippen LogP) is 0.841. The van der Waals surface area contributed by atoms with Gasteiger partial charge < -0.3 is 25.6 Å². The molecule has 1 heterocycles. The standard InChI is InChI=1S/C13H18N2O4S/c1-13(17,6-20-2)5-15-12(16)8-3-10-11(4-9(8)14)19-7-18-10/h3-4,17H,5-7,14H2,1-2H3,(H,15,16). The second-order valence-electron chi connectivity index (χ2n) is 4.91. The summed E-state index contributed by atoms with van der Waals surface area (Å²) in [5, 5.41) is 12.7. The number of nitrogens with two attached hydrogens (primary N) is 1. The van der Waals surface area contributed by atoms with Gasteiger partial charge in [-0.3, -0.25) is 4.79 Å². The quantitative estimate of drug-likeness (QED) is 0.698. The van der Waals surface area contributed by atoms with Crippen LogP contribution < -0.4 is 20.5 Å². The summed E-state index contributed by atoms with van der Waals surface area (Å²) in [4.78, 5) is 12.1. The molecule has 1 unspecified atom stereocenters. The van der Waals surface area contributed by atoms with E-state index in [4.69, 9.17) is 15.2 Å². The van der Waals surface area contributed by atoms with Gasteiger partial charge >= 0.3 is 0 Å². The van der Waals surface area contributed by atoms with E-state index in [-0.39, 0.29) is 19.2 Å². The lowest BCUT2D eigenvalue weighted by molar-refractivity contribution is 0.0725. The van der Waals surface area contributed by atoms with Gasteiger partial charge in [0.15, 0.2) is 11.5 Å². The molecule has 0 saturated heterocycles. The average Bonchev–Trinajstić information content (AvgIpc) is 2.82. The van der Waals surface area contributed by atoms with Gasteiger partial charge in [0.25, 0.3) is 5.91 Å². The van der Waals surface area contributed by atoms with Crippen LogP contribution in [0.3, 0.4) is 0 Å². The normalized spacial score (nSPS) is 15.8. The summed E-state index contributed by atoms with van der Waals surface area (Å²) < 4.78 is 10.4. The summed E-state index contributed by atoms with van der Waals surface area (Å²) in [5.41, 5.74) is 5.50. The molecule has 0 spiro atoms. The lowest BCUT2D eigenvalue weighted by Crippen LogP contribution is -2.42. The largest absolute Gasteiger partial charge is 0.454 e. The van der Waals surface area contributed by atoms with Gasteiger partial charge in [-0.1, -0.05) is 0 Å². The molecular formula is C13H18N2O4S. The molecule has 1 aromatic rings. The molecule has 2 rings (SSSR count). The first-order valence-electron chi connectivity index (χ1n) is 6.11. The van der Waals surface area contributed by atoms with Crippen LogP contribution in [-0.4, -0.2) is 42.0 Å². The molecule has 0 aliphatic carbocycles. The number of nitrogens with one attached hydrogen (secondary N) is 1. The van der Waals surface area contributed by atoms with Crippen molar-refractivity contribution in [2.45, 2.75) is 12.5 Å². The Kier molecular flexibility index (Phi) is 4.29. The Bertz CT molecular complexity index is 519. The van der Waals surface area contributed by atoms with Crippen molar-refractivity contribution >= 4 is 23.4 Å². The molecule has 0 fully saturated rings. The molecular weight excluding hydrogens is 280 g/mol. The first-order valence-corrected chi connectivity index (χ1v) is 7.51. The van der Waals surface area contributed by atoms with Crippen LogP contribution in [0.1, 0.15) is 17.3 Å². The van der Waals surface area contributed by atoms with Gasteiger partial charge in [-0.25, -0.2) is 0 Å². The van der Waals surface area contributed by atoms with Gasteiger partial charge in [0.05, 0.1) is 11.2 Å². The van der Waals surface area contributed by atoms with Gasteiger partial charge in [0.2, 0.25) is 6.79 Å². The molecule has 0 saturated carbocycles. The molecule has 110 valence electrons. The lowest BCUT2D eigenvalue weighted by atomic mass is 10.1. The number of carbonyl (C=O) groups excluding carboxylic acids is 1. The molecule has 1 aromatic carbocycles. The second-order valence-corrected chi connectivity index (χ2v) is 5.77. The summed E-state index contributed by atoms with van der Waals surface area (Å²) in [6.45, 7) is 1.95. The number of benzene rings is 1. The van der Waals surface area contributed by atoms with Crippen molar-refractivity contribution in [1.82, 2.24) is 5.32 Å². The third-order valence-electron chi connectivity index (χ3n) is 2.87. The average molecular weight is 298 g/mol. The number of ether oxygens (including phenoxy) is 2. The Morgan fingerprint density at radius 3 is 2.80 bits per heavy atom. The zero-order valence-electron chi connectivity index (χ0n) is 11.4. The van der Waals surface area contributed by atoms with E-state index in [2.05, 4.69) is 5.32 Å². The zero-order chi connectivity index (χ0) is 14.8. The predicted molar refractivity (Wildman–Crippen MR) is 78.3 cm³/mol. The molecule has 1 amide bonds. The zero-order valence-corrected chi connectivity index (χ0v) is 12.3. The minimum atomic E-state index is -0.958. The number of thioether (sulfide) groups is 1. The fraction of sp³-hybridized carbons (Fsp3) is 0.462. The third kappa shape index (κ3) is 3.29. The molecule has 0 bridgehead atoms. The second kappa shape index (κ2) is 5.80. The van der Waals surface area contributed by atoms with Crippen molar-refractivity contribution in [3.8, 4) is 11.5 Å². The molecule has 0 aromatic heterocycles. The highest BCUT2D eigenvalue weighted by Crippen LogP contribution is 2.35. The number of hydrogen-bond donors (Lipinski definition) is 3. The molecule has 1 aliphatic rings. The Hall–Kier alpha value is -1.60. The van der Waals surface area contributed by atoms with Crippen molar-refractivity contribution < 1.29 is 19.4 Å². The Morgan fingerprint density at radius 1 is 1.50 bits per heavy atom. The van der Waals surface area contributed by atoms with Gasteiger partial charge in [-0.2, -0.15) is 11.8 Å². The number of rotatable bonds is 5. The molecule has 6 nitrogen and oxygen atoms in total. The van der Waals surface area contributed by atoms with Crippen LogP contribution in [0.15, 0.2) is 12.1 Å². The highest BCUT2D eigenvalue weighted by atomic mass is 32.2. The Balaban J connectivity index is 2.06. The van der Waals surface area contributed by atoms with Gasteiger partial charge in [0.1, 0.15) is 0 Å². The highest BCUT2D eigenvalue weighted by molar-refractivity contribution is 7.98. The molecule has 1 aliphatic heterocycles. The fourth-order valence-corrected chi connectivity index (χ4v) is 2.61. The molecule has 4 N–H and O–H groups in total. The molecule has 20 heavy (non-hydrogen) atoms. The van der Waals surface area contributed by atoms with E-state index < -0.39 is 5.60 Å². The van der Waals surface area contributed by atoms with Crippen LogP contribution in [0.5, 0.6) is 11.5 Å². The van der Waals surface area contributed by atoms with Crippen LogP contribution in [0.25, 0.3) is 0 Å². The van der Waals surface area contributed by atoms with E-state index in [0.29, 0.717) is 28.5 Å². The van der Waals surface area contributed by atoms with Crippen molar-refractivity contribution in [3.05, 3.63) is 17.7 Å². The maximum absolute atomic E-state index is 12.1. The smallest absolute Gasteiger partial charge is 0.253 e. The van der Waals surface area contributed by atoms with Crippen LogP contribution in [0.2, 0.25) is 0 Å².